The van der Waals surface area contributed by atoms with Crippen molar-refractivity contribution in [2.75, 3.05) is 39.6 Å². The highest BCUT2D eigenvalue weighted by atomic mass is 16.6. The maximum atomic E-state index is 12.6. The van der Waals surface area contributed by atoms with Gasteiger partial charge < -0.3 is 50.2 Å². The Morgan fingerprint density at radius 2 is 0.701 bits per heavy atom. The Kier molecular flexibility index (Phi) is 62.7. The number of unbranched alkanes of at least 4 members (excludes halogenated alkanes) is 42. The van der Waals surface area contributed by atoms with E-state index in [2.05, 4.69) is 25.5 Å². The summed E-state index contributed by atoms with van der Waals surface area (Å²) in [5.41, 5.74) is 2.96. The predicted molar refractivity (Wildman–Crippen MR) is 350 cm³/mol. The highest BCUT2D eigenvalue weighted by Crippen LogP contribution is 2.25. The van der Waals surface area contributed by atoms with Crippen molar-refractivity contribution in [3.05, 3.63) is 0 Å². The maximum absolute atomic E-state index is 12.6. The number of carboxylic acids is 2. The number of aliphatic hydroxyl groups is 3. The number of carbonyl (C=O) groups is 6. The number of carboxylic acid groups (broad SMARTS) is 2. The molecule has 2 heterocycles. The molecule has 17 nitrogen and oxygen atoms in total. The van der Waals surface area contributed by atoms with Gasteiger partial charge in [-0.15, -0.1) is 0 Å². The Morgan fingerprint density at radius 3 is 0.966 bits per heavy atom. The Balaban J connectivity index is 0. The van der Waals surface area contributed by atoms with E-state index >= 15 is 0 Å². The summed E-state index contributed by atoms with van der Waals surface area (Å²) in [7, 11) is 0. The minimum atomic E-state index is -1.21. The van der Waals surface area contributed by atoms with Crippen molar-refractivity contribution in [3.8, 4) is 0 Å². The molecule has 1 saturated heterocycles. The van der Waals surface area contributed by atoms with E-state index in [1.165, 1.54) is 244 Å². The van der Waals surface area contributed by atoms with Gasteiger partial charge in [-0.05, 0) is 19.3 Å². The average Bonchev–Trinajstić information content (AvgIpc) is 2.35. The number of hydrogen-bond donors (Lipinski definition) is 6. The number of esters is 4. The molecule has 0 spiro atoms. The number of rotatable bonds is 58. The van der Waals surface area contributed by atoms with Gasteiger partial charge in [0.15, 0.2) is 11.4 Å². The lowest BCUT2D eigenvalue weighted by Crippen LogP contribution is -2.50. The molecule has 2 rings (SSSR count). The van der Waals surface area contributed by atoms with Crippen molar-refractivity contribution >= 4 is 41.7 Å². The monoisotopic (exact) mass is 1240 g/mol. The first-order valence-electron chi connectivity index (χ1n) is 35.5. The van der Waals surface area contributed by atoms with Crippen LogP contribution in [0.5, 0.6) is 0 Å². The molecule has 512 valence electrons. The van der Waals surface area contributed by atoms with Crippen LogP contribution >= 0.6 is 0 Å². The van der Waals surface area contributed by atoms with Crippen LogP contribution in [0.25, 0.3) is 0 Å². The van der Waals surface area contributed by atoms with E-state index in [1.807, 2.05) is 0 Å². The second kappa shape index (κ2) is 63.9. The normalized spacial score (nSPS) is 14.4. The molecule has 0 radical (unpaired) electrons. The van der Waals surface area contributed by atoms with Gasteiger partial charge in [0.05, 0.1) is 51.0 Å². The van der Waals surface area contributed by atoms with Gasteiger partial charge in [-0.3, -0.25) is 28.8 Å². The fourth-order valence-corrected chi connectivity index (χ4v) is 10.2. The molecule has 0 saturated carbocycles. The van der Waals surface area contributed by atoms with E-state index in [9.17, 15) is 28.8 Å². The summed E-state index contributed by atoms with van der Waals surface area (Å²) in [4.78, 5) is 70.8. The molecule has 1 fully saturated rings. The van der Waals surface area contributed by atoms with Gasteiger partial charge in [0, 0.05) is 19.3 Å². The predicted octanol–water partition coefficient (Wildman–Crippen LogP) is 16.5. The Bertz CT molecular complexity index is 1640. The summed E-state index contributed by atoms with van der Waals surface area (Å²) in [5.74, 6) is -2.74. The van der Waals surface area contributed by atoms with Gasteiger partial charge in [0.25, 0.3) is 0 Å². The summed E-state index contributed by atoms with van der Waals surface area (Å²) in [5, 5.41) is 42.4. The summed E-state index contributed by atoms with van der Waals surface area (Å²) in [6.45, 7) is 5.67. The van der Waals surface area contributed by atoms with Gasteiger partial charge in [-0.2, -0.15) is 0 Å². The Morgan fingerprint density at radius 1 is 0.425 bits per heavy atom. The van der Waals surface area contributed by atoms with Gasteiger partial charge in [0.2, 0.25) is 0 Å². The number of aliphatic imine (C=N–C) groups is 1. The standard InChI is InChI=1S/C44H81NO7.C18H36O2.C4H11NO3.C4H4O3/c1-3-5-7-9-11-13-15-17-19-21-23-25-27-29-31-33-40-45-44(37-50-40,39-52-43(49)36-35-41(46)47)38-51-42(48)34-32-30-28-26-24-22-20-18-16-14-12-10-8-6-4-2;1-2-3-4-5-6-7-8-9-10-11-12-13-14-15-16-17-18(19)20;5-4(1-6,2-7)3-8;5-3-1-2-4(6)7-3/h3-39H2,1-2H3,(H,46,47);2-17H2,1H3,(H,19,20);6-8H,1-3,5H2;1-2H2. The number of aliphatic hydroxyl groups excluding tert-OH is 3. The molecule has 1 atom stereocenters. The van der Waals surface area contributed by atoms with Crippen LogP contribution in [0.2, 0.25) is 0 Å². The number of nitrogens with two attached hydrogens (primary N) is 1. The molecule has 0 bridgehead atoms. The molecule has 0 aliphatic carbocycles. The van der Waals surface area contributed by atoms with Crippen LogP contribution in [0, 0.1) is 0 Å². The zero-order valence-corrected chi connectivity index (χ0v) is 55.9. The first-order valence-corrected chi connectivity index (χ1v) is 35.5. The van der Waals surface area contributed by atoms with E-state index in [-0.39, 0.29) is 51.5 Å². The molecule has 87 heavy (non-hydrogen) atoms. The Labute approximate surface area is 529 Å². The molecule has 0 aromatic carbocycles. The molecule has 7 N–H and O–H groups in total. The number of hydrogen-bond acceptors (Lipinski definition) is 15. The van der Waals surface area contributed by atoms with Crippen LogP contribution in [-0.2, 0) is 47.7 Å². The summed E-state index contributed by atoms with van der Waals surface area (Å²) >= 11 is 0. The third-order valence-corrected chi connectivity index (χ3v) is 16.1. The Hall–Kier alpha value is -3.67. The molecule has 1 unspecified atom stereocenters. The first-order chi connectivity index (χ1) is 42.1. The minimum absolute atomic E-state index is 0.0147. The highest BCUT2D eigenvalue weighted by molar-refractivity contribution is 5.92. The number of nitrogens with zero attached hydrogens (tertiary/aromatic N) is 1. The number of cyclic esters (lactones) is 2. The van der Waals surface area contributed by atoms with Crippen molar-refractivity contribution in [2.45, 2.75) is 366 Å². The van der Waals surface area contributed by atoms with Crippen LogP contribution in [0.4, 0.5) is 0 Å². The van der Waals surface area contributed by atoms with Crippen molar-refractivity contribution in [3.63, 3.8) is 0 Å². The summed E-state index contributed by atoms with van der Waals surface area (Å²) in [6.07, 6.45) is 60.0. The minimum Gasteiger partial charge on any atom is -0.481 e. The second-order valence-corrected chi connectivity index (χ2v) is 24.9. The lowest BCUT2D eigenvalue weighted by Gasteiger charge is -2.23. The first kappa shape index (κ1) is 85.4. The van der Waals surface area contributed by atoms with Crippen molar-refractivity contribution < 1.29 is 73.2 Å². The molecule has 2 aliphatic heterocycles. The van der Waals surface area contributed by atoms with E-state index in [0.717, 1.165) is 44.9 Å². The largest absolute Gasteiger partial charge is 0.481 e. The van der Waals surface area contributed by atoms with Crippen molar-refractivity contribution in [2.24, 2.45) is 10.7 Å². The molecule has 17 heteroatoms. The van der Waals surface area contributed by atoms with Gasteiger partial charge in [0.1, 0.15) is 19.8 Å². The molecule has 0 aromatic rings. The maximum Gasteiger partial charge on any atom is 0.314 e. The van der Waals surface area contributed by atoms with E-state index in [1.54, 1.807) is 0 Å². The molecular formula is C70H132N2O15. The van der Waals surface area contributed by atoms with E-state index in [0.29, 0.717) is 25.2 Å². The zero-order valence-electron chi connectivity index (χ0n) is 55.9. The average molecular weight is 1240 g/mol. The van der Waals surface area contributed by atoms with E-state index < -0.39 is 60.7 Å². The van der Waals surface area contributed by atoms with Crippen LogP contribution in [0.3, 0.4) is 0 Å². The third-order valence-electron chi connectivity index (χ3n) is 16.1. The van der Waals surface area contributed by atoms with Gasteiger partial charge in [-0.25, -0.2) is 4.99 Å². The van der Waals surface area contributed by atoms with Crippen LogP contribution in [0.15, 0.2) is 4.99 Å². The lowest BCUT2D eigenvalue weighted by molar-refractivity contribution is -0.153. The van der Waals surface area contributed by atoms with Gasteiger partial charge >= 0.3 is 35.8 Å². The second-order valence-electron chi connectivity index (χ2n) is 24.9. The SMILES string of the molecule is CCCCCCCCCCCCCCCCCC(=O)O.CCCCCCCCCCCCCCCCCC(=O)OCC1(COC(=O)CCC(=O)O)COC(CCCCCCCCCCCCCCCCC)=N1.NC(CO)(CO)CO.O=C1CCC(=O)O1. The molecule has 0 aromatic heterocycles. The van der Waals surface area contributed by atoms with Crippen molar-refractivity contribution in [1.82, 2.24) is 0 Å². The highest BCUT2D eigenvalue weighted by Gasteiger charge is 2.40. The number of aliphatic carboxylic acids is 2. The van der Waals surface area contributed by atoms with Crippen LogP contribution in [-0.4, -0.2) is 118 Å². The van der Waals surface area contributed by atoms with E-state index in [4.69, 9.17) is 50.5 Å². The van der Waals surface area contributed by atoms with Crippen LogP contribution < -0.4 is 5.73 Å². The molecular weight excluding hydrogens is 1110 g/mol. The van der Waals surface area contributed by atoms with Crippen LogP contribution in [0.1, 0.15) is 355 Å². The fraction of sp³-hybridized carbons (Fsp3) is 0.900. The number of carbonyl (C=O) groups excluding carboxylic acids is 4. The topological polar surface area (TPSA) is 279 Å². The summed E-state index contributed by atoms with van der Waals surface area (Å²) in [6, 6.07) is 0. The fourth-order valence-electron chi connectivity index (χ4n) is 10.2. The molecule has 0 amide bonds. The zero-order chi connectivity index (χ0) is 64.6. The van der Waals surface area contributed by atoms with Gasteiger partial charge in [-0.1, -0.05) is 290 Å². The smallest absolute Gasteiger partial charge is 0.314 e. The third kappa shape index (κ3) is 61.0. The number of ether oxygens (including phenoxy) is 4. The van der Waals surface area contributed by atoms with Crippen molar-refractivity contribution in [1.29, 1.82) is 0 Å². The lowest BCUT2D eigenvalue weighted by atomic mass is 10.0. The molecule has 2 aliphatic rings. The summed E-state index contributed by atoms with van der Waals surface area (Å²) < 4.78 is 21.0. The quantitative estimate of drug-likeness (QED) is 0.0143.